The van der Waals surface area contributed by atoms with Gasteiger partial charge in [-0.15, -0.1) is 0 Å². The first kappa shape index (κ1) is 30.5. The van der Waals surface area contributed by atoms with E-state index in [4.69, 9.17) is 19.7 Å². The highest BCUT2D eigenvalue weighted by atomic mass is 16.5. The minimum Gasteiger partial charge on any atom is -0.457 e. The van der Waals surface area contributed by atoms with Crippen LogP contribution < -0.4 is 4.74 Å². The molecular weight excluding hydrogens is 659 g/mol. The maximum Gasteiger partial charge on any atom is 0.164 e. The highest BCUT2D eigenvalue weighted by molar-refractivity contribution is 6.08. The molecule has 4 heteroatoms. The second kappa shape index (κ2) is 11.9. The van der Waals surface area contributed by atoms with E-state index in [0.29, 0.717) is 17.5 Å². The van der Waals surface area contributed by atoms with Crippen LogP contribution in [0.1, 0.15) is 22.3 Å². The molecule has 1 aromatic heterocycles. The lowest BCUT2D eigenvalue weighted by Gasteiger charge is -2.39. The van der Waals surface area contributed by atoms with Crippen LogP contribution in [0.5, 0.6) is 11.5 Å². The Kier molecular flexibility index (Phi) is 6.73. The van der Waals surface area contributed by atoms with Crippen molar-refractivity contribution < 1.29 is 4.74 Å². The minimum atomic E-state index is -0.533. The van der Waals surface area contributed by atoms with Gasteiger partial charge in [0.1, 0.15) is 11.5 Å². The summed E-state index contributed by atoms with van der Waals surface area (Å²) in [5.41, 5.74) is 11.9. The van der Waals surface area contributed by atoms with Crippen molar-refractivity contribution in [3.8, 4) is 67.9 Å². The average molecular weight is 690 g/mol. The van der Waals surface area contributed by atoms with Crippen LogP contribution in [-0.2, 0) is 5.41 Å². The maximum absolute atomic E-state index is 6.56. The Morgan fingerprint density at radius 1 is 0.315 bits per heavy atom. The van der Waals surface area contributed by atoms with E-state index in [2.05, 4.69) is 164 Å². The van der Waals surface area contributed by atoms with Crippen molar-refractivity contribution in [2.75, 3.05) is 0 Å². The third-order valence-corrected chi connectivity index (χ3v) is 11.0. The number of fused-ring (bicyclic) bond motifs is 11. The number of para-hydroxylation sites is 2. The van der Waals surface area contributed by atoms with Crippen LogP contribution in [0, 0.1) is 0 Å². The van der Waals surface area contributed by atoms with E-state index in [1.54, 1.807) is 0 Å². The van der Waals surface area contributed by atoms with Gasteiger partial charge in [0.25, 0.3) is 0 Å². The number of hydrogen-bond donors (Lipinski definition) is 0. The summed E-state index contributed by atoms with van der Waals surface area (Å²) in [4.78, 5) is 15.4. The van der Waals surface area contributed by atoms with Crippen LogP contribution in [0.3, 0.4) is 0 Å². The monoisotopic (exact) mass is 689 g/mol. The lowest BCUT2D eigenvalue weighted by molar-refractivity contribution is 0.436. The van der Waals surface area contributed by atoms with Gasteiger partial charge in [-0.1, -0.05) is 176 Å². The number of aromatic nitrogens is 3. The Morgan fingerprint density at radius 2 is 0.815 bits per heavy atom. The molecule has 0 bridgehead atoms. The van der Waals surface area contributed by atoms with Crippen LogP contribution in [-0.4, -0.2) is 15.0 Å². The highest BCUT2D eigenvalue weighted by Gasteiger charge is 2.51. The van der Waals surface area contributed by atoms with Gasteiger partial charge in [0, 0.05) is 27.8 Å². The lowest BCUT2D eigenvalue weighted by atomic mass is 9.66. The number of nitrogens with zero attached hydrogens (tertiary/aromatic N) is 3. The van der Waals surface area contributed by atoms with E-state index in [-0.39, 0.29) is 0 Å². The number of hydrogen-bond acceptors (Lipinski definition) is 4. The van der Waals surface area contributed by atoms with E-state index in [0.717, 1.165) is 55.7 Å². The molecular formula is C50H31N3O. The first-order chi connectivity index (χ1) is 26.8. The largest absolute Gasteiger partial charge is 0.457 e. The van der Waals surface area contributed by atoms with E-state index in [1.807, 2.05) is 24.3 Å². The fourth-order valence-electron chi connectivity index (χ4n) is 8.69. The second-order valence-electron chi connectivity index (χ2n) is 13.9. The smallest absolute Gasteiger partial charge is 0.164 e. The Balaban J connectivity index is 1.14. The fourth-order valence-corrected chi connectivity index (χ4v) is 8.69. The van der Waals surface area contributed by atoms with Gasteiger partial charge in [-0.25, -0.2) is 15.0 Å². The minimum absolute atomic E-state index is 0.533. The fraction of sp³-hybridized carbons (Fsp3) is 0.0200. The zero-order valence-electron chi connectivity index (χ0n) is 29.1. The third-order valence-electron chi connectivity index (χ3n) is 11.0. The maximum atomic E-state index is 6.56. The molecule has 0 saturated heterocycles. The summed E-state index contributed by atoms with van der Waals surface area (Å²) in [6, 6.07) is 66.0. The molecule has 0 radical (unpaired) electrons. The Labute approximate surface area is 313 Å². The zero-order valence-corrected chi connectivity index (χ0v) is 29.1. The summed E-state index contributed by atoms with van der Waals surface area (Å²) in [5, 5.41) is 2.25. The van der Waals surface area contributed by atoms with Crippen molar-refractivity contribution in [1.82, 2.24) is 15.0 Å². The van der Waals surface area contributed by atoms with E-state index in [9.17, 15) is 0 Å². The van der Waals surface area contributed by atoms with Crippen LogP contribution in [0.2, 0.25) is 0 Å². The molecule has 4 nitrogen and oxygen atoms in total. The molecule has 1 aliphatic heterocycles. The molecule has 252 valence electrons. The summed E-state index contributed by atoms with van der Waals surface area (Å²) in [5.74, 6) is 3.68. The Bertz CT molecular complexity index is 2860. The summed E-state index contributed by atoms with van der Waals surface area (Å²) < 4.78 is 6.56. The predicted octanol–water partition coefficient (Wildman–Crippen LogP) is 12.2. The quantitative estimate of drug-likeness (QED) is 0.185. The van der Waals surface area contributed by atoms with Gasteiger partial charge in [0.2, 0.25) is 0 Å². The average Bonchev–Trinajstić information content (AvgIpc) is 3.55. The van der Waals surface area contributed by atoms with Gasteiger partial charge in [0.15, 0.2) is 17.5 Å². The summed E-state index contributed by atoms with van der Waals surface area (Å²) in [7, 11) is 0. The summed E-state index contributed by atoms with van der Waals surface area (Å²) in [6.45, 7) is 0. The lowest BCUT2D eigenvalue weighted by Crippen LogP contribution is -2.32. The van der Waals surface area contributed by atoms with Gasteiger partial charge < -0.3 is 4.74 Å². The van der Waals surface area contributed by atoms with Crippen LogP contribution in [0.25, 0.3) is 67.2 Å². The molecule has 1 spiro atoms. The molecule has 54 heavy (non-hydrogen) atoms. The van der Waals surface area contributed by atoms with Gasteiger partial charge in [0.05, 0.1) is 5.41 Å². The molecule has 9 aromatic rings. The SMILES string of the molecule is c1ccc(-c2ccc(-c3nc(-c4ccccc4)nc(-c4cccc5c6c(ccc45)C4(c5ccccc5Oc5ccccc54)c4ccccc4-6)n3)cc2)cc1. The number of ether oxygens (including phenoxy) is 1. The number of rotatable bonds is 4. The van der Waals surface area contributed by atoms with Gasteiger partial charge >= 0.3 is 0 Å². The molecule has 2 heterocycles. The molecule has 2 aliphatic rings. The molecule has 0 unspecified atom stereocenters. The van der Waals surface area contributed by atoms with Crippen molar-refractivity contribution in [2.45, 2.75) is 5.41 Å². The van der Waals surface area contributed by atoms with E-state index >= 15 is 0 Å². The van der Waals surface area contributed by atoms with Crippen molar-refractivity contribution in [2.24, 2.45) is 0 Å². The van der Waals surface area contributed by atoms with Crippen LogP contribution >= 0.6 is 0 Å². The Morgan fingerprint density at radius 3 is 1.50 bits per heavy atom. The molecule has 11 rings (SSSR count). The third kappa shape index (κ3) is 4.47. The van der Waals surface area contributed by atoms with E-state index < -0.39 is 5.41 Å². The molecule has 0 saturated carbocycles. The van der Waals surface area contributed by atoms with Crippen molar-refractivity contribution in [3.05, 3.63) is 210 Å². The van der Waals surface area contributed by atoms with Crippen molar-refractivity contribution in [3.63, 3.8) is 0 Å². The molecule has 0 fully saturated rings. The second-order valence-corrected chi connectivity index (χ2v) is 13.9. The predicted molar refractivity (Wildman–Crippen MR) is 216 cm³/mol. The molecule has 0 amide bonds. The molecule has 0 atom stereocenters. The first-order valence-corrected chi connectivity index (χ1v) is 18.3. The number of benzene rings is 8. The molecule has 1 aliphatic carbocycles. The van der Waals surface area contributed by atoms with Crippen LogP contribution in [0.4, 0.5) is 0 Å². The first-order valence-electron chi connectivity index (χ1n) is 18.3. The molecule has 8 aromatic carbocycles. The Hall–Kier alpha value is -7.17. The molecule has 0 N–H and O–H groups in total. The summed E-state index contributed by atoms with van der Waals surface area (Å²) >= 11 is 0. The normalized spacial score (nSPS) is 13.1. The van der Waals surface area contributed by atoms with Gasteiger partial charge in [-0.2, -0.15) is 0 Å². The topological polar surface area (TPSA) is 47.9 Å². The summed E-state index contributed by atoms with van der Waals surface area (Å²) in [6.07, 6.45) is 0. The van der Waals surface area contributed by atoms with E-state index in [1.165, 1.54) is 27.8 Å². The van der Waals surface area contributed by atoms with Crippen molar-refractivity contribution >= 4 is 10.8 Å². The van der Waals surface area contributed by atoms with Crippen LogP contribution in [0.15, 0.2) is 188 Å². The standard InChI is InChI=1S/C50H31N3O/c1-3-14-32(15-4-1)33-26-28-35(29-27-33)48-51-47(34-16-5-2-6-17-34)52-49(53-48)38-20-13-19-37-36(38)30-31-43-46(37)39-18-7-8-21-40(39)50(43)41-22-9-11-24-44(41)54-45-25-12-10-23-42(45)50/h1-31H. The highest BCUT2D eigenvalue weighted by Crippen LogP contribution is 2.63. The van der Waals surface area contributed by atoms with Gasteiger partial charge in [-0.3, -0.25) is 0 Å². The zero-order chi connectivity index (χ0) is 35.6. The van der Waals surface area contributed by atoms with Crippen molar-refractivity contribution in [1.29, 1.82) is 0 Å². The van der Waals surface area contributed by atoms with Gasteiger partial charge in [-0.05, 0) is 56.3 Å².